The van der Waals surface area contributed by atoms with Gasteiger partial charge in [-0.2, -0.15) is 0 Å². The van der Waals surface area contributed by atoms with Crippen LogP contribution in [0.5, 0.6) is 0 Å². The second-order valence-electron chi connectivity index (χ2n) is 0. The molecule has 0 aliphatic rings. The summed E-state index contributed by atoms with van der Waals surface area (Å²) in [5.41, 5.74) is 0. The van der Waals surface area contributed by atoms with Gasteiger partial charge in [-0.15, -0.1) is 0 Å². The Morgan fingerprint density at radius 2 is 1.50 bits per heavy atom. The second kappa shape index (κ2) is 22.4. The Kier molecular flexibility index (Phi) is 97.1. The quantitative estimate of drug-likeness (QED) is 0.297. The maximum absolute atomic E-state index is 8.06. The van der Waals surface area contributed by atoms with E-state index in [4.69, 9.17) is 3.83 Å². The molecule has 0 saturated heterocycles. The van der Waals surface area contributed by atoms with Crippen molar-refractivity contribution in [1.29, 1.82) is 0 Å². The van der Waals surface area contributed by atoms with E-state index in [0.29, 0.717) is 0 Å². The van der Waals surface area contributed by atoms with Gasteiger partial charge in [-0.05, 0) is 0 Å². The molecule has 0 N–H and O–H groups in total. The Labute approximate surface area is 65.7 Å². The summed E-state index contributed by atoms with van der Waals surface area (Å²) in [4.78, 5) is 0. The number of rotatable bonds is 0. The summed E-state index contributed by atoms with van der Waals surface area (Å²) in [5.74, 6) is 0. The van der Waals surface area contributed by atoms with Crippen LogP contribution in [0, 0.1) is 0 Å². The molecule has 4 heteroatoms. The average molecular weight is 105 g/mol. The summed E-state index contributed by atoms with van der Waals surface area (Å²) < 4.78 is 8.06. The van der Waals surface area contributed by atoms with Crippen LogP contribution >= 0.6 is 0 Å². The molecule has 0 unspecified atom stereocenters. The minimum absolute atomic E-state index is 0. The molecule has 0 aliphatic heterocycles. The first kappa shape index (κ1) is 17.3. The van der Waals surface area contributed by atoms with E-state index in [0.717, 1.165) is 0 Å². The van der Waals surface area contributed by atoms with Crippen molar-refractivity contribution in [2.75, 3.05) is 0 Å². The van der Waals surface area contributed by atoms with Crippen molar-refractivity contribution in [3.8, 4) is 0 Å². The Morgan fingerprint density at radius 1 is 1.50 bits per heavy atom. The number of hydrogen-bond donors (Lipinski definition) is 0. The molecule has 0 fully saturated rings. The normalized spacial score (nSPS) is 1.00. The number of hydrogen-bond acceptors (Lipinski definition) is 1. The molecular formula is H3LiMgMnO. The molecule has 1 nitrogen and oxygen atoms in total. The zero-order valence-electron chi connectivity index (χ0n) is 5.49. The van der Waals surface area contributed by atoms with Crippen LogP contribution in [0.3, 0.4) is 0 Å². The zero-order chi connectivity index (χ0) is 2.00. The van der Waals surface area contributed by atoms with Gasteiger partial charge in [0, 0.05) is 0 Å². The molecule has 0 saturated carbocycles. The van der Waals surface area contributed by atoms with Gasteiger partial charge < -0.3 is 4.28 Å². The maximum atomic E-state index is 8.06. The first-order chi connectivity index (χ1) is 1.00. The molecule has 0 aromatic rings. The van der Waals surface area contributed by atoms with Crippen molar-refractivity contribution < 1.29 is 42.9 Å². The fourth-order valence-electron chi connectivity index (χ4n) is 0. The van der Waals surface area contributed by atoms with Crippen molar-refractivity contribution in [2.45, 2.75) is 0 Å². The summed E-state index contributed by atoms with van der Waals surface area (Å²) in [5, 5.41) is 0. The topological polar surface area (TPSA) is 17.1 Å². The molecular weight excluding hydrogens is 102 g/mol. The monoisotopic (exact) mass is 105 g/mol. The van der Waals surface area contributed by atoms with Crippen LogP contribution in [-0.2, 0) is 19.8 Å². The van der Waals surface area contributed by atoms with Gasteiger partial charge in [0.05, 0.1) is 0 Å². The zero-order valence-corrected chi connectivity index (χ0v) is 5.09. The van der Waals surface area contributed by atoms with Crippen molar-refractivity contribution in [1.82, 2.24) is 0 Å². The molecule has 0 aromatic heterocycles. The molecule has 19 valence electrons. The van der Waals surface area contributed by atoms with Crippen LogP contribution < -0.4 is 18.9 Å². The second-order valence-corrected chi connectivity index (χ2v) is 0. The molecule has 0 aromatic carbocycles. The molecule has 0 bridgehead atoms. The van der Waals surface area contributed by atoms with Crippen LogP contribution in [0.15, 0.2) is 0 Å². The van der Waals surface area contributed by atoms with E-state index in [2.05, 4.69) is 0 Å². The third-order valence-corrected chi connectivity index (χ3v) is 0. The summed E-state index contributed by atoms with van der Waals surface area (Å²) >= 11 is 1.69. The van der Waals surface area contributed by atoms with Gasteiger partial charge in [0.2, 0.25) is 0 Å². The minimum atomic E-state index is 0. The van der Waals surface area contributed by atoms with Gasteiger partial charge in [-0.25, -0.2) is 0 Å². The van der Waals surface area contributed by atoms with E-state index < -0.39 is 0 Å². The van der Waals surface area contributed by atoms with Crippen LogP contribution in [-0.4, -0.2) is 23.1 Å². The summed E-state index contributed by atoms with van der Waals surface area (Å²) in [7, 11) is 0. The predicted octanol–water partition coefficient (Wildman–Crippen LogP) is -3.16. The van der Waals surface area contributed by atoms with E-state index in [1.807, 2.05) is 0 Å². The summed E-state index contributed by atoms with van der Waals surface area (Å²) in [6.45, 7) is 0. The average Bonchev–Trinajstić information content (AvgIpc) is 1.00. The van der Waals surface area contributed by atoms with E-state index in [-0.39, 0.29) is 46.2 Å². The first-order valence-corrected chi connectivity index (χ1v) is 0.636. The third-order valence-electron chi connectivity index (χ3n) is 0. The Hall–Kier alpha value is 1.68. The molecule has 4 heavy (non-hydrogen) atoms. The van der Waals surface area contributed by atoms with Gasteiger partial charge in [0.15, 0.2) is 0 Å². The van der Waals surface area contributed by atoms with E-state index >= 15 is 0 Å². The Bertz CT molecular complexity index is 14.9. The first-order valence-electron chi connectivity index (χ1n) is 0.154. The van der Waals surface area contributed by atoms with Gasteiger partial charge in [0.1, 0.15) is 0 Å². The van der Waals surface area contributed by atoms with Crippen molar-refractivity contribution in [2.24, 2.45) is 0 Å². The predicted molar refractivity (Wildman–Crippen MR) is 9.78 cm³/mol. The fraction of sp³-hybridized carbons (Fsp3) is 0. The van der Waals surface area contributed by atoms with Crippen molar-refractivity contribution in [3.63, 3.8) is 0 Å². The Balaban J connectivity index is -0.000000000500. The van der Waals surface area contributed by atoms with Crippen molar-refractivity contribution >= 4 is 23.1 Å². The molecule has 0 spiro atoms. The molecule has 0 rings (SSSR count). The van der Waals surface area contributed by atoms with Gasteiger partial charge >= 0.3 is 61.7 Å². The van der Waals surface area contributed by atoms with Gasteiger partial charge in [0.25, 0.3) is 0 Å². The van der Waals surface area contributed by atoms with E-state index in [1.54, 1.807) is 15.9 Å². The van der Waals surface area contributed by atoms with Crippen LogP contribution in [0.2, 0.25) is 0 Å². The fourth-order valence-corrected chi connectivity index (χ4v) is 0. The van der Waals surface area contributed by atoms with Crippen LogP contribution in [0.1, 0.15) is 4.28 Å². The van der Waals surface area contributed by atoms with E-state index in [1.165, 1.54) is 0 Å². The standard InChI is InChI=1S/Li.Mg.Mn.O.3H/q+1;+2;;;3*-1. The third kappa shape index (κ3) is 9.36. The summed E-state index contributed by atoms with van der Waals surface area (Å²) in [6.07, 6.45) is 0. The van der Waals surface area contributed by atoms with Gasteiger partial charge in [-0.3, -0.25) is 0 Å². The van der Waals surface area contributed by atoms with Gasteiger partial charge in [-0.1, -0.05) is 0 Å². The van der Waals surface area contributed by atoms with Crippen LogP contribution in [0.25, 0.3) is 0 Å². The van der Waals surface area contributed by atoms with Crippen molar-refractivity contribution in [3.05, 3.63) is 0 Å². The molecule has 0 radical (unpaired) electrons. The van der Waals surface area contributed by atoms with Crippen LogP contribution in [0.4, 0.5) is 0 Å². The van der Waals surface area contributed by atoms with E-state index in [9.17, 15) is 0 Å². The molecule has 0 heterocycles. The SMILES string of the molecule is [H-].[H-].[H-].[Li+].[Mg+2].[O]=[Mn]. The summed E-state index contributed by atoms with van der Waals surface area (Å²) in [6, 6.07) is 0. The molecule has 0 aliphatic carbocycles. The molecule has 0 amide bonds. The molecule has 0 atom stereocenters. The Morgan fingerprint density at radius 3 is 1.50 bits per heavy atom.